The van der Waals surface area contributed by atoms with Crippen LogP contribution in [0.25, 0.3) is 0 Å². The molecule has 0 aromatic heterocycles. The van der Waals surface area contributed by atoms with Gasteiger partial charge in [-0.2, -0.15) is 0 Å². The largest absolute Gasteiger partial charge is 0.497 e. The summed E-state index contributed by atoms with van der Waals surface area (Å²) in [6, 6.07) is 13.1. The van der Waals surface area contributed by atoms with Crippen molar-refractivity contribution in [1.82, 2.24) is 0 Å². The third-order valence-electron chi connectivity index (χ3n) is 2.99. The van der Waals surface area contributed by atoms with Gasteiger partial charge in [0.05, 0.1) is 26.3 Å². The highest BCUT2D eigenvalue weighted by Gasteiger charge is 2.11. The third kappa shape index (κ3) is 4.10. The first kappa shape index (κ1) is 15.6. The molecule has 21 heavy (non-hydrogen) atoms. The maximum atomic E-state index is 12.2. The van der Waals surface area contributed by atoms with Crippen LogP contribution in [0.5, 0.6) is 11.5 Å². The number of methoxy groups -OCH3 is 2. The SMILES string of the molecule is COc1ccc(OC)c(CC(=O)Nc2ccccc2I)c1. The molecule has 2 aromatic rings. The Morgan fingerprint density at radius 1 is 1.14 bits per heavy atom. The van der Waals surface area contributed by atoms with Crippen molar-refractivity contribution in [3.63, 3.8) is 0 Å². The summed E-state index contributed by atoms with van der Waals surface area (Å²) in [6.07, 6.45) is 0.228. The lowest BCUT2D eigenvalue weighted by atomic mass is 10.1. The Hall–Kier alpha value is -1.76. The maximum Gasteiger partial charge on any atom is 0.228 e. The molecule has 2 rings (SSSR count). The van der Waals surface area contributed by atoms with E-state index in [1.54, 1.807) is 26.4 Å². The van der Waals surface area contributed by atoms with Gasteiger partial charge in [-0.1, -0.05) is 12.1 Å². The highest BCUT2D eigenvalue weighted by Crippen LogP contribution is 2.25. The fourth-order valence-electron chi connectivity index (χ4n) is 1.95. The van der Waals surface area contributed by atoms with Gasteiger partial charge in [0.15, 0.2) is 0 Å². The molecule has 0 aliphatic carbocycles. The van der Waals surface area contributed by atoms with Crippen LogP contribution in [0.2, 0.25) is 0 Å². The van der Waals surface area contributed by atoms with Gasteiger partial charge < -0.3 is 14.8 Å². The fraction of sp³-hybridized carbons (Fsp3) is 0.188. The molecular weight excluding hydrogens is 381 g/mol. The number of nitrogens with one attached hydrogen (secondary N) is 1. The zero-order valence-electron chi connectivity index (χ0n) is 11.9. The number of benzene rings is 2. The summed E-state index contributed by atoms with van der Waals surface area (Å²) in [5.41, 5.74) is 1.60. The van der Waals surface area contributed by atoms with Gasteiger partial charge in [-0.3, -0.25) is 4.79 Å². The molecule has 0 saturated carbocycles. The van der Waals surface area contributed by atoms with Crippen molar-refractivity contribution in [2.45, 2.75) is 6.42 Å². The summed E-state index contributed by atoms with van der Waals surface area (Å²) in [5.74, 6) is 1.28. The van der Waals surface area contributed by atoms with Crippen LogP contribution in [-0.4, -0.2) is 20.1 Å². The van der Waals surface area contributed by atoms with Crippen LogP contribution >= 0.6 is 22.6 Å². The summed E-state index contributed by atoms with van der Waals surface area (Å²) in [4.78, 5) is 12.2. The van der Waals surface area contributed by atoms with Gasteiger partial charge in [0, 0.05) is 9.13 Å². The Labute approximate surface area is 137 Å². The Morgan fingerprint density at radius 3 is 2.57 bits per heavy atom. The van der Waals surface area contributed by atoms with E-state index in [1.807, 2.05) is 30.3 Å². The summed E-state index contributed by atoms with van der Waals surface area (Å²) in [7, 11) is 3.18. The molecule has 0 aliphatic rings. The molecule has 0 bridgehead atoms. The molecule has 4 nitrogen and oxygen atoms in total. The van der Waals surface area contributed by atoms with Gasteiger partial charge in [-0.05, 0) is 52.9 Å². The third-order valence-corrected chi connectivity index (χ3v) is 3.93. The molecule has 0 atom stereocenters. The Morgan fingerprint density at radius 2 is 1.90 bits per heavy atom. The fourth-order valence-corrected chi connectivity index (χ4v) is 2.47. The van der Waals surface area contributed by atoms with E-state index in [0.29, 0.717) is 11.5 Å². The van der Waals surface area contributed by atoms with Crippen molar-refractivity contribution in [2.24, 2.45) is 0 Å². The lowest BCUT2D eigenvalue weighted by Crippen LogP contribution is -2.15. The van der Waals surface area contributed by atoms with Crippen LogP contribution in [0.3, 0.4) is 0 Å². The van der Waals surface area contributed by atoms with E-state index in [1.165, 1.54) is 0 Å². The molecule has 0 aliphatic heterocycles. The van der Waals surface area contributed by atoms with E-state index < -0.39 is 0 Å². The number of anilines is 1. The van der Waals surface area contributed by atoms with E-state index >= 15 is 0 Å². The Bertz CT molecular complexity index is 643. The van der Waals surface area contributed by atoms with Gasteiger partial charge in [0.2, 0.25) is 5.91 Å². The number of carbonyl (C=O) groups is 1. The second kappa shape index (κ2) is 7.31. The zero-order chi connectivity index (χ0) is 15.2. The van der Waals surface area contributed by atoms with Crippen LogP contribution in [-0.2, 0) is 11.2 Å². The van der Waals surface area contributed by atoms with E-state index in [2.05, 4.69) is 27.9 Å². The monoisotopic (exact) mass is 397 g/mol. The minimum atomic E-state index is -0.0920. The second-order valence-electron chi connectivity index (χ2n) is 4.38. The molecule has 0 unspecified atom stereocenters. The quantitative estimate of drug-likeness (QED) is 0.786. The van der Waals surface area contributed by atoms with E-state index in [4.69, 9.17) is 9.47 Å². The average Bonchev–Trinajstić information content (AvgIpc) is 2.49. The van der Waals surface area contributed by atoms with Crippen molar-refractivity contribution < 1.29 is 14.3 Å². The van der Waals surface area contributed by atoms with Crippen molar-refractivity contribution in [2.75, 3.05) is 19.5 Å². The smallest absolute Gasteiger partial charge is 0.228 e. The predicted octanol–water partition coefficient (Wildman–Crippen LogP) is 3.49. The molecule has 0 fully saturated rings. The van der Waals surface area contributed by atoms with Crippen molar-refractivity contribution in [3.05, 3.63) is 51.6 Å². The summed E-state index contributed by atoms with van der Waals surface area (Å²) >= 11 is 2.19. The van der Waals surface area contributed by atoms with Crippen LogP contribution in [0.15, 0.2) is 42.5 Å². The number of ether oxygens (including phenoxy) is 2. The van der Waals surface area contributed by atoms with Crippen LogP contribution < -0.4 is 14.8 Å². The topological polar surface area (TPSA) is 47.6 Å². The zero-order valence-corrected chi connectivity index (χ0v) is 14.0. The van der Waals surface area contributed by atoms with E-state index in [0.717, 1.165) is 14.8 Å². The highest BCUT2D eigenvalue weighted by molar-refractivity contribution is 14.1. The molecule has 2 aromatic carbocycles. The van der Waals surface area contributed by atoms with Crippen molar-refractivity contribution in [3.8, 4) is 11.5 Å². The minimum absolute atomic E-state index is 0.0920. The summed E-state index contributed by atoms with van der Waals surface area (Å²) in [6.45, 7) is 0. The standard InChI is InChI=1S/C16H16INO3/c1-20-12-7-8-15(21-2)11(9-12)10-16(19)18-14-6-4-3-5-13(14)17/h3-9H,10H2,1-2H3,(H,18,19). The van der Waals surface area contributed by atoms with E-state index in [9.17, 15) is 4.79 Å². The Kier molecular flexibility index (Phi) is 5.44. The van der Waals surface area contributed by atoms with Crippen molar-refractivity contribution >= 4 is 34.2 Å². The molecule has 1 N–H and O–H groups in total. The maximum absolute atomic E-state index is 12.2. The molecule has 110 valence electrons. The first-order chi connectivity index (χ1) is 10.1. The summed E-state index contributed by atoms with van der Waals surface area (Å²) in [5, 5.41) is 2.90. The van der Waals surface area contributed by atoms with Crippen LogP contribution in [0.1, 0.15) is 5.56 Å². The minimum Gasteiger partial charge on any atom is -0.497 e. The van der Waals surface area contributed by atoms with E-state index in [-0.39, 0.29) is 12.3 Å². The number of hydrogen-bond acceptors (Lipinski definition) is 3. The lowest BCUT2D eigenvalue weighted by molar-refractivity contribution is -0.115. The van der Waals surface area contributed by atoms with Crippen molar-refractivity contribution in [1.29, 1.82) is 0 Å². The molecular formula is C16H16INO3. The number of rotatable bonds is 5. The second-order valence-corrected chi connectivity index (χ2v) is 5.54. The normalized spacial score (nSPS) is 10.0. The molecule has 5 heteroatoms. The van der Waals surface area contributed by atoms with Crippen LogP contribution in [0, 0.1) is 3.57 Å². The summed E-state index contributed by atoms with van der Waals surface area (Å²) < 4.78 is 11.5. The lowest BCUT2D eigenvalue weighted by Gasteiger charge is -2.11. The van der Waals surface area contributed by atoms with Gasteiger partial charge in [-0.25, -0.2) is 0 Å². The number of hydrogen-bond donors (Lipinski definition) is 1. The van der Waals surface area contributed by atoms with Gasteiger partial charge in [0.25, 0.3) is 0 Å². The first-order valence-corrected chi connectivity index (χ1v) is 7.47. The Balaban J connectivity index is 2.14. The molecule has 0 spiro atoms. The first-order valence-electron chi connectivity index (χ1n) is 6.39. The number of carbonyl (C=O) groups excluding carboxylic acids is 1. The average molecular weight is 397 g/mol. The van der Waals surface area contributed by atoms with Gasteiger partial charge in [0.1, 0.15) is 11.5 Å². The van der Waals surface area contributed by atoms with Gasteiger partial charge >= 0.3 is 0 Å². The number of para-hydroxylation sites is 1. The molecule has 0 heterocycles. The molecule has 1 amide bonds. The predicted molar refractivity (Wildman–Crippen MR) is 91.0 cm³/mol. The molecule has 0 saturated heterocycles. The highest BCUT2D eigenvalue weighted by atomic mass is 127. The van der Waals surface area contributed by atoms with Crippen LogP contribution in [0.4, 0.5) is 5.69 Å². The number of amides is 1. The van der Waals surface area contributed by atoms with Gasteiger partial charge in [-0.15, -0.1) is 0 Å². The number of halogens is 1. The molecule has 0 radical (unpaired) electrons.